The molecule has 0 aliphatic carbocycles. The minimum Gasteiger partial charge on any atom is -0.480 e. The minimum atomic E-state index is -3.47. The molecule has 3 nitrogen and oxygen atoms in total. The molecule has 1 N–H and O–H groups in total. The van der Waals surface area contributed by atoms with Gasteiger partial charge in [0.25, 0.3) is 0 Å². The Kier molecular flexibility index (Phi) is 1.42. The fourth-order valence-corrected chi connectivity index (χ4v) is 1.72. The second-order valence-electron chi connectivity index (χ2n) is 2.57. The quantitative estimate of drug-likeness (QED) is 0.839. The van der Waals surface area contributed by atoms with E-state index in [0.29, 0.717) is 0 Å². The summed E-state index contributed by atoms with van der Waals surface area (Å²) in [5, 5.41) is 9.21. The van der Waals surface area contributed by atoms with Crippen LogP contribution in [0, 0.1) is 0 Å². The molecule has 1 aromatic carbocycles. The van der Waals surface area contributed by atoms with Gasteiger partial charge >= 0.3 is 5.97 Å². The van der Waals surface area contributed by atoms with Gasteiger partial charge in [-0.25, -0.2) is 0 Å². The summed E-state index contributed by atoms with van der Waals surface area (Å²) in [6, 6.07) is 6.84. The Morgan fingerprint density at radius 2 is 2.00 bits per heavy atom. The van der Waals surface area contributed by atoms with Crippen LogP contribution in [0.5, 0.6) is 0 Å². The first kappa shape index (κ1) is 5.07. The minimum absolute atomic E-state index is 0.165. The van der Waals surface area contributed by atoms with Crippen molar-refractivity contribution in [2.24, 2.45) is 0 Å². The fourth-order valence-electron chi connectivity index (χ4n) is 0.800. The van der Waals surface area contributed by atoms with Gasteiger partial charge in [0.1, 0.15) is 4.75 Å². The van der Waals surface area contributed by atoms with E-state index in [1.807, 2.05) is 0 Å². The maximum Gasteiger partial charge on any atom is 0.322 e. The van der Waals surface area contributed by atoms with Gasteiger partial charge in [0.05, 0.1) is 10.8 Å². The number of aliphatic carboxylic acids is 1. The van der Waals surface area contributed by atoms with Crippen LogP contribution in [-0.2, 0) is 15.6 Å². The Hall–Kier alpha value is -1.16. The SMILES string of the molecule is [2H]C([2H])([2H])C(C(=O)O)(S(=O)c1ccccc1)C([2H])([2H])[2H]. The van der Waals surface area contributed by atoms with Crippen LogP contribution in [0.3, 0.4) is 0 Å². The highest BCUT2D eigenvalue weighted by atomic mass is 32.2. The maximum absolute atomic E-state index is 12.4. The van der Waals surface area contributed by atoms with E-state index in [4.69, 9.17) is 8.22 Å². The Balaban J connectivity index is 3.63. The molecule has 4 heteroatoms. The maximum atomic E-state index is 12.4. The van der Waals surface area contributed by atoms with E-state index in [9.17, 15) is 14.1 Å². The molecule has 0 aromatic heterocycles. The molecule has 14 heavy (non-hydrogen) atoms. The molecular formula is C10H12O3S. The third kappa shape index (κ3) is 2.01. The molecule has 0 fully saturated rings. The van der Waals surface area contributed by atoms with Gasteiger partial charge in [-0.3, -0.25) is 9.00 Å². The molecule has 0 aliphatic heterocycles. The molecule has 0 radical (unpaired) electrons. The topological polar surface area (TPSA) is 54.4 Å². The van der Waals surface area contributed by atoms with Gasteiger partial charge in [0.2, 0.25) is 0 Å². The van der Waals surface area contributed by atoms with Gasteiger partial charge in [0, 0.05) is 13.1 Å². The number of hydrogen-bond donors (Lipinski definition) is 1. The lowest BCUT2D eigenvalue weighted by Crippen LogP contribution is -2.36. The molecular weight excluding hydrogens is 200 g/mol. The van der Waals surface area contributed by atoms with E-state index in [-0.39, 0.29) is 4.90 Å². The Labute approximate surface area is 93.7 Å². The first-order chi connectivity index (χ1) is 8.96. The zero-order valence-electron chi connectivity index (χ0n) is 13.1. The second kappa shape index (κ2) is 3.92. The van der Waals surface area contributed by atoms with E-state index in [1.54, 1.807) is 6.07 Å². The van der Waals surface area contributed by atoms with E-state index in [1.165, 1.54) is 24.3 Å². The first-order valence-corrected chi connectivity index (χ1v) is 4.81. The van der Waals surface area contributed by atoms with Crippen molar-refractivity contribution in [3.63, 3.8) is 0 Å². The molecule has 0 aliphatic rings. The summed E-state index contributed by atoms with van der Waals surface area (Å²) in [6.45, 7) is -6.93. The normalized spacial score (nSPS) is 21.7. The smallest absolute Gasteiger partial charge is 0.322 e. The van der Waals surface area contributed by atoms with Crippen molar-refractivity contribution in [3.05, 3.63) is 30.3 Å². The molecule has 1 aromatic rings. The molecule has 0 saturated heterocycles. The molecule has 1 atom stereocenters. The lowest BCUT2D eigenvalue weighted by molar-refractivity contribution is -0.139. The summed E-state index contributed by atoms with van der Waals surface area (Å²) >= 11 is 0. The number of hydrogen-bond acceptors (Lipinski definition) is 2. The Morgan fingerprint density at radius 1 is 1.43 bits per heavy atom. The van der Waals surface area contributed by atoms with E-state index < -0.39 is 35.2 Å². The number of carbonyl (C=O) groups is 1. The van der Waals surface area contributed by atoms with Crippen molar-refractivity contribution < 1.29 is 22.3 Å². The Morgan fingerprint density at radius 3 is 2.43 bits per heavy atom. The van der Waals surface area contributed by atoms with E-state index >= 15 is 0 Å². The highest BCUT2D eigenvalue weighted by molar-refractivity contribution is 7.87. The van der Waals surface area contributed by atoms with Gasteiger partial charge in [-0.1, -0.05) is 18.2 Å². The van der Waals surface area contributed by atoms with Gasteiger partial charge in [-0.05, 0) is 25.8 Å². The van der Waals surface area contributed by atoms with Crippen LogP contribution in [0.25, 0.3) is 0 Å². The fraction of sp³-hybridized carbons (Fsp3) is 0.300. The molecule has 76 valence electrons. The van der Waals surface area contributed by atoms with E-state index in [2.05, 4.69) is 0 Å². The van der Waals surface area contributed by atoms with Crippen LogP contribution in [-0.4, -0.2) is 20.0 Å². The number of carboxylic acids is 1. The largest absolute Gasteiger partial charge is 0.480 e. The Bertz CT molecular complexity index is 508. The van der Waals surface area contributed by atoms with Gasteiger partial charge in [0.15, 0.2) is 0 Å². The van der Waals surface area contributed by atoms with Gasteiger partial charge in [-0.2, -0.15) is 0 Å². The van der Waals surface area contributed by atoms with Crippen molar-refractivity contribution in [1.29, 1.82) is 0 Å². The highest BCUT2D eigenvalue weighted by Crippen LogP contribution is 2.20. The molecule has 0 bridgehead atoms. The summed E-state index contributed by atoms with van der Waals surface area (Å²) in [7, 11) is -2.77. The third-order valence-electron chi connectivity index (χ3n) is 1.54. The van der Waals surface area contributed by atoms with Crippen LogP contribution < -0.4 is 0 Å². The van der Waals surface area contributed by atoms with Crippen molar-refractivity contribution >= 4 is 16.8 Å². The predicted molar refractivity (Wildman–Crippen MR) is 54.6 cm³/mol. The van der Waals surface area contributed by atoms with Crippen molar-refractivity contribution in [2.75, 3.05) is 0 Å². The van der Waals surface area contributed by atoms with E-state index in [0.717, 1.165) is 0 Å². The molecule has 1 rings (SSSR count). The van der Waals surface area contributed by atoms with Crippen LogP contribution in [0.2, 0.25) is 0 Å². The van der Waals surface area contributed by atoms with Crippen molar-refractivity contribution in [1.82, 2.24) is 0 Å². The summed E-state index contributed by atoms with van der Waals surface area (Å²) < 4.78 is 52.9. The van der Waals surface area contributed by atoms with Crippen LogP contribution in [0.15, 0.2) is 35.2 Å². The first-order valence-electron chi connectivity index (χ1n) is 6.66. The van der Waals surface area contributed by atoms with Crippen LogP contribution >= 0.6 is 0 Å². The summed E-state index contributed by atoms with van der Waals surface area (Å²) in [5.74, 6) is -2.14. The van der Waals surface area contributed by atoms with Crippen LogP contribution in [0.1, 0.15) is 21.9 Å². The summed E-state index contributed by atoms with van der Waals surface area (Å²) in [6.07, 6.45) is 0. The zero-order chi connectivity index (χ0) is 15.8. The van der Waals surface area contributed by atoms with Crippen LogP contribution in [0.4, 0.5) is 0 Å². The summed E-state index contributed by atoms with van der Waals surface area (Å²) in [4.78, 5) is 11.3. The predicted octanol–water partition coefficient (Wildman–Crippen LogP) is 1.66. The number of carboxylic acid groups (broad SMARTS) is 1. The molecule has 0 amide bonds. The summed E-state index contributed by atoms with van der Waals surface area (Å²) in [5.41, 5.74) is 0. The molecule has 1 unspecified atom stereocenters. The van der Waals surface area contributed by atoms with Crippen molar-refractivity contribution in [2.45, 2.75) is 23.3 Å². The average Bonchev–Trinajstić information content (AvgIpc) is 2.26. The van der Waals surface area contributed by atoms with Crippen molar-refractivity contribution in [3.8, 4) is 0 Å². The zero-order valence-corrected chi connectivity index (χ0v) is 7.88. The lowest BCUT2D eigenvalue weighted by Gasteiger charge is -2.18. The van der Waals surface area contributed by atoms with Gasteiger partial charge in [-0.15, -0.1) is 0 Å². The highest BCUT2D eigenvalue weighted by Gasteiger charge is 2.35. The standard InChI is InChI=1S/C10H12O3S/c1-10(2,9(11)12)14(13)8-6-4-3-5-7-8/h3-7H,1-2H3,(H,11,12)/i1D3,2D3. The van der Waals surface area contributed by atoms with Gasteiger partial charge < -0.3 is 5.11 Å². The monoisotopic (exact) mass is 218 g/mol. The number of benzene rings is 1. The number of rotatable bonds is 3. The lowest BCUT2D eigenvalue weighted by atomic mass is 10.2. The second-order valence-corrected chi connectivity index (χ2v) is 4.19. The average molecular weight is 218 g/mol. The molecule has 0 heterocycles. The third-order valence-corrected chi connectivity index (χ3v) is 2.97. The molecule has 0 saturated carbocycles. The molecule has 0 spiro atoms.